The van der Waals surface area contributed by atoms with E-state index in [-0.39, 0.29) is 12.5 Å². The van der Waals surface area contributed by atoms with Gasteiger partial charge in [0.1, 0.15) is 5.75 Å². The van der Waals surface area contributed by atoms with E-state index in [1.807, 2.05) is 24.3 Å². The number of hydrazine groups is 1. The molecule has 1 aliphatic carbocycles. The van der Waals surface area contributed by atoms with E-state index in [0.29, 0.717) is 16.9 Å². The fourth-order valence-corrected chi connectivity index (χ4v) is 1.80. The first-order valence-electron chi connectivity index (χ1n) is 6.41. The number of methoxy groups -OCH3 is 1. The number of rotatable bonds is 5. The minimum Gasteiger partial charge on any atom is -0.495 e. The Kier molecular flexibility index (Phi) is 5.00. The van der Waals surface area contributed by atoms with Gasteiger partial charge in [-0.15, -0.1) is 0 Å². The number of ether oxygens (including phenoxy) is 1. The zero-order chi connectivity index (χ0) is 14.4. The zero-order valence-electron chi connectivity index (χ0n) is 11.2. The number of carbonyl (C=O) groups excluding carboxylic acids is 1. The highest BCUT2D eigenvalue weighted by molar-refractivity contribution is 7.80. The summed E-state index contributed by atoms with van der Waals surface area (Å²) < 4.78 is 5.19. The van der Waals surface area contributed by atoms with E-state index in [0.717, 1.165) is 18.5 Å². The van der Waals surface area contributed by atoms with Gasteiger partial charge in [0.25, 0.3) is 5.91 Å². The van der Waals surface area contributed by atoms with Crippen LogP contribution in [-0.4, -0.2) is 30.7 Å². The van der Waals surface area contributed by atoms with E-state index in [4.69, 9.17) is 17.0 Å². The van der Waals surface area contributed by atoms with Crippen LogP contribution in [0.1, 0.15) is 12.8 Å². The molecule has 1 aliphatic rings. The lowest BCUT2D eigenvalue weighted by Crippen LogP contribution is -2.48. The molecule has 4 N–H and O–H groups in total. The van der Waals surface area contributed by atoms with E-state index >= 15 is 0 Å². The van der Waals surface area contributed by atoms with Gasteiger partial charge in [-0.3, -0.25) is 15.6 Å². The van der Waals surface area contributed by atoms with Crippen molar-refractivity contribution >= 4 is 28.9 Å². The monoisotopic (exact) mass is 294 g/mol. The standard InChI is InChI=1S/C13H18N4O2S/c1-19-11-5-3-2-4-10(11)14-8-12(18)16-17-13(20)15-9-6-7-9/h2-5,9,14H,6-8H2,1H3,(H,16,18)(H2,15,17,20). The molecule has 0 heterocycles. The second-order valence-corrected chi connectivity index (χ2v) is 4.88. The van der Waals surface area contributed by atoms with Crippen LogP contribution in [0.4, 0.5) is 5.69 Å². The Morgan fingerprint density at radius 3 is 2.80 bits per heavy atom. The molecule has 20 heavy (non-hydrogen) atoms. The molecule has 7 heteroatoms. The highest BCUT2D eigenvalue weighted by Gasteiger charge is 2.21. The third kappa shape index (κ3) is 4.58. The average Bonchev–Trinajstić information content (AvgIpc) is 3.27. The smallest absolute Gasteiger partial charge is 0.257 e. The Bertz CT molecular complexity index is 491. The molecule has 0 saturated heterocycles. The van der Waals surface area contributed by atoms with Gasteiger partial charge in [-0.2, -0.15) is 0 Å². The third-order valence-electron chi connectivity index (χ3n) is 2.77. The summed E-state index contributed by atoms with van der Waals surface area (Å²) in [6.07, 6.45) is 2.26. The van der Waals surface area contributed by atoms with E-state index < -0.39 is 0 Å². The molecule has 0 radical (unpaired) electrons. The van der Waals surface area contributed by atoms with E-state index in [1.165, 1.54) is 0 Å². The van der Waals surface area contributed by atoms with E-state index in [9.17, 15) is 4.79 Å². The summed E-state index contributed by atoms with van der Waals surface area (Å²) in [5.41, 5.74) is 5.96. The van der Waals surface area contributed by atoms with Crippen LogP contribution in [0.25, 0.3) is 0 Å². The van der Waals surface area contributed by atoms with Crippen molar-refractivity contribution in [1.29, 1.82) is 0 Å². The number of hydrogen-bond donors (Lipinski definition) is 4. The number of amides is 1. The molecule has 1 saturated carbocycles. The summed E-state index contributed by atoms with van der Waals surface area (Å²) >= 11 is 5.03. The first kappa shape index (κ1) is 14.4. The maximum Gasteiger partial charge on any atom is 0.257 e. The van der Waals surface area contributed by atoms with Crippen molar-refractivity contribution in [3.63, 3.8) is 0 Å². The second kappa shape index (κ2) is 6.95. The van der Waals surface area contributed by atoms with Crippen molar-refractivity contribution in [2.45, 2.75) is 18.9 Å². The van der Waals surface area contributed by atoms with Gasteiger partial charge in [-0.1, -0.05) is 12.1 Å². The number of thiocarbonyl (C=S) groups is 1. The van der Waals surface area contributed by atoms with Gasteiger partial charge in [0.05, 0.1) is 19.3 Å². The highest BCUT2D eigenvalue weighted by Crippen LogP contribution is 2.22. The first-order chi connectivity index (χ1) is 9.69. The molecular formula is C13H18N4O2S. The number of para-hydroxylation sites is 2. The Hall–Kier alpha value is -2.02. The lowest BCUT2D eigenvalue weighted by atomic mass is 10.3. The molecule has 0 atom stereocenters. The lowest BCUT2D eigenvalue weighted by Gasteiger charge is -2.13. The molecule has 0 bridgehead atoms. The molecule has 0 spiro atoms. The summed E-state index contributed by atoms with van der Waals surface area (Å²) in [5.74, 6) is 0.482. The number of carbonyl (C=O) groups is 1. The average molecular weight is 294 g/mol. The van der Waals surface area contributed by atoms with Gasteiger partial charge in [0, 0.05) is 6.04 Å². The molecule has 1 aromatic rings. The Morgan fingerprint density at radius 1 is 1.35 bits per heavy atom. The first-order valence-corrected chi connectivity index (χ1v) is 6.82. The fourth-order valence-electron chi connectivity index (χ4n) is 1.59. The summed E-state index contributed by atoms with van der Waals surface area (Å²) in [5, 5.41) is 6.51. The summed E-state index contributed by atoms with van der Waals surface area (Å²) in [6, 6.07) is 7.87. The van der Waals surface area contributed by atoms with Crippen molar-refractivity contribution in [2.24, 2.45) is 0 Å². The van der Waals surface area contributed by atoms with E-state index in [1.54, 1.807) is 7.11 Å². The maximum absolute atomic E-state index is 11.7. The van der Waals surface area contributed by atoms with Gasteiger partial charge >= 0.3 is 0 Å². The molecule has 108 valence electrons. The van der Waals surface area contributed by atoms with Gasteiger partial charge in [0.15, 0.2) is 5.11 Å². The van der Waals surface area contributed by atoms with Gasteiger partial charge in [-0.05, 0) is 37.2 Å². The SMILES string of the molecule is COc1ccccc1NCC(=O)NNC(=S)NC1CC1. The zero-order valence-corrected chi connectivity index (χ0v) is 12.0. The van der Waals surface area contributed by atoms with Crippen molar-refractivity contribution in [3.05, 3.63) is 24.3 Å². The molecule has 0 aliphatic heterocycles. The van der Waals surface area contributed by atoms with Crippen LogP contribution in [0.3, 0.4) is 0 Å². The second-order valence-electron chi connectivity index (χ2n) is 4.47. The highest BCUT2D eigenvalue weighted by atomic mass is 32.1. The molecule has 1 amide bonds. The van der Waals surface area contributed by atoms with Gasteiger partial charge in [0.2, 0.25) is 0 Å². The van der Waals surface area contributed by atoms with Crippen molar-refractivity contribution in [1.82, 2.24) is 16.2 Å². The quantitative estimate of drug-likeness (QED) is 0.475. The Morgan fingerprint density at radius 2 is 2.10 bits per heavy atom. The maximum atomic E-state index is 11.7. The normalized spacial score (nSPS) is 13.2. The fraction of sp³-hybridized carbons (Fsp3) is 0.385. The number of benzene rings is 1. The van der Waals surface area contributed by atoms with Crippen LogP contribution in [0.5, 0.6) is 5.75 Å². The Labute approximate surface area is 123 Å². The number of anilines is 1. The predicted molar refractivity (Wildman–Crippen MR) is 81.5 cm³/mol. The van der Waals surface area contributed by atoms with Gasteiger partial charge in [-0.25, -0.2) is 0 Å². The van der Waals surface area contributed by atoms with Crippen LogP contribution < -0.4 is 26.2 Å². The minimum absolute atomic E-state index is 0.124. The van der Waals surface area contributed by atoms with Crippen LogP contribution in [0, 0.1) is 0 Å². The summed E-state index contributed by atoms with van der Waals surface area (Å²) in [4.78, 5) is 11.7. The molecule has 2 rings (SSSR count). The number of nitrogens with one attached hydrogen (secondary N) is 4. The van der Waals surface area contributed by atoms with Gasteiger partial charge < -0.3 is 15.4 Å². The molecule has 0 aromatic heterocycles. The molecule has 1 fully saturated rings. The van der Waals surface area contributed by atoms with Crippen molar-refractivity contribution < 1.29 is 9.53 Å². The molecule has 1 aromatic carbocycles. The van der Waals surface area contributed by atoms with Crippen molar-refractivity contribution in [2.75, 3.05) is 19.0 Å². The van der Waals surface area contributed by atoms with Crippen LogP contribution in [0.2, 0.25) is 0 Å². The van der Waals surface area contributed by atoms with Crippen LogP contribution >= 0.6 is 12.2 Å². The number of hydrogen-bond acceptors (Lipinski definition) is 4. The topological polar surface area (TPSA) is 74.4 Å². The summed E-state index contributed by atoms with van der Waals surface area (Å²) in [7, 11) is 1.59. The predicted octanol–water partition coefficient (Wildman–Crippen LogP) is 0.765. The minimum atomic E-state index is -0.212. The molecular weight excluding hydrogens is 276 g/mol. The van der Waals surface area contributed by atoms with Crippen LogP contribution in [-0.2, 0) is 4.79 Å². The molecule has 0 unspecified atom stereocenters. The third-order valence-corrected chi connectivity index (χ3v) is 2.99. The largest absolute Gasteiger partial charge is 0.495 e. The van der Waals surface area contributed by atoms with Crippen LogP contribution in [0.15, 0.2) is 24.3 Å². The summed E-state index contributed by atoms with van der Waals surface area (Å²) in [6.45, 7) is 0.124. The van der Waals surface area contributed by atoms with Crippen molar-refractivity contribution in [3.8, 4) is 5.75 Å². The lowest BCUT2D eigenvalue weighted by molar-refractivity contribution is -0.119. The molecule has 6 nitrogen and oxygen atoms in total. The Balaban J connectivity index is 1.70. The van der Waals surface area contributed by atoms with E-state index in [2.05, 4.69) is 21.5 Å².